The molecule has 206 valence electrons. The number of benzene rings is 2. The van der Waals surface area contributed by atoms with Gasteiger partial charge in [-0.05, 0) is 56.0 Å². The lowest BCUT2D eigenvalue weighted by Crippen LogP contribution is -2.55. The van der Waals surface area contributed by atoms with E-state index in [4.69, 9.17) is 0 Å². The number of sulfonamides is 1. The lowest BCUT2D eigenvalue weighted by Gasteiger charge is -2.37. The molecule has 10 nitrogen and oxygen atoms in total. The molecular formula is C26H34N4O6S2. The monoisotopic (exact) mass is 562 g/mol. The van der Waals surface area contributed by atoms with Crippen LogP contribution in [0.5, 0.6) is 0 Å². The zero-order valence-electron chi connectivity index (χ0n) is 21.6. The quantitative estimate of drug-likeness (QED) is 0.424. The van der Waals surface area contributed by atoms with Crippen molar-refractivity contribution in [3.05, 3.63) is 65.7 Å². The maximum atomic E-state index is 13.3. The molecule has 2 aromatic carbocycles. The summed E-state index contributed by atoms with van der Waals surface area (Å²) in [7, 11) is -6.72. The molecule has 1 spiro atoms. The molecule has 0 radical (unpaired) electrons. The summed E-state index contributed by atoms with van der Waals surface area (Å²) in [6.07, 6.45) is 2.61. The Hall–Kier alpha value is -2.80. The van der Waals surface area contributed by atoms with Crippen LogP contribution in [-0.2, 0) is 31.2 Å². The van der Waals surface area contributed by atoms with E-state index in [1.54, 1.807) is 19.1 Å². The summed E-state index contributed by atoms with van der Waals surface area (Å²) < 4.78 is 50.7. The molecule has 2 aromatic rings. The molecule has 2 N–H and O–H groups in total. The van der Waals surface area contributed by atoms with Gasteiger partial charge in [0.2, 0.25) is 10.0 Å². The third-order valence-electron chi connectivity index (χ3n) is 7.29. The predicted octanol–water partition coefficient (Wildman–Crippen LogP) is 2.05. The first kappa shape index (κ1) is 28.2. The molecular weight excluding hydrogens is 528 g/mol. The van der Waals surface area contributed by atoms with E-state index in [9.17, 15) is 26.4 Å². The number of piperidine rings is 1. The molecule has 12 heteroatoms. The molecule has 1 atom stereocenters. The number of rotatable bonds is 10. The highest BCUT2D eigenvalue weighted by atomic mass is 32.2. The van der Waals surface area contributed by atoms with Gasteiger partial charge in [0.25, 0.3) is 5.91 Å². The predicted molar refractivity (Wildman–Crippen MR) is 143 cm³/mol. The fourth-order valence-corrected chi connectivity index (χ4v) is 6.42. The van der Waals surface area contributed by atoms with Crippen LogP contribution in [0.3, 0.4) is 0 Å². The maximum absolute atomic E-state index is 13.3. The van der Waals surface area contributed by atoms with Gasteiger partial charge in [0, 0.05) is 25.4 Å². The second-order valence-electron chi connectivity index (χ2n) is 9.93. The third-order valence-corrected chi connectivity index (χ3v) is 9.82. The number of nitrogens with zero attached hydrogens (tertiary/aromatic N) is 2. The van der Waals surface area contributed by atoms with Crippen LogP contribution in [-0.4, -0.2) is 75.8 Å². The SMILES string of the molecule is CCS(=O)(=O)N[C@@H](CCN1CCC2(CC1)NC(=O)N(Cc1ccc(S(C)(=O)=O)cc1)C2=O)c1ccccc1. The zero-order valence-corrected chi connectivity index (χ0v) is 23.2. The Labute approximate surface area is 224 Å². The van der Waals surface area contributed by atoms with E-state index in [1.807, 2.05) is 30.3 Å². The van der Waals surface area contributed by atoms with Crippen LogP contribution in [0.15, 0.2) is 59.5 Å². The highest BCUT2D eigenvalue weighted by molar-refractivity contribution is 7.90. The Morgan fingerprint density at radius 1 is 0.974 bits per heavy atom. The minimum Gasteiger partial charge on any atom is -0.323 e. The van der Waals surface area contributed by atoms with Crippen molar-refractivity contribution < 1.29 is 26.4 Å². The van der Waals surface area contributed by atoms with E-state index in [0.717, 1.165) is 11.8 Å². The number of hydrogen-bond acceptors (Lipinski definition) is 7. The molecule has 0 aromatic heterocycles. The van der Waals surface area contributed by atoms with Gasteiger partial charge in [-0.15, -0.1) is 0 Å². The average Bonchev–Trinajstić information content (AvgIpc) is 3.11. The summed E-state index contributed by atoms with van der Waals surface area (Å²) in [5.41, 5.74) is 0.608. The van der Waals surface area contributed by atoms with E-state index in [0.29, 0.717) is 44.5 Å². The Morgan fingerprint density at radius 2 is 1.61 bits per heavy atom. The van der Waals surface area contributed by atoms with Gasteiger partial charge in [0.05, 0.1) is 17.2 Å². The Balaban J connectivity index is 1.36. The first-order chi connectivity index (χ1) is 17.9. The second kappa shape index (κ2) is 11.1. The van der Waals surface area contributed by atoms with Gasteiger partial charge in [-0.3, -0.25) is 9.69 Å². The summed E-state index contributed by atoms with van der Waals surface area (Å²) in [4.78, 5) is 29.6. The number of carbonyl (C=O) groups is 2. The van der Waals surface area contributed by atoms with Gasteiger partial charge >= 0.3 is 6.03 Å². The molecule has 38 heavy (non-hydrogen) atoms. The summed E-state index contributed by atoms with van der Waals surface area (Å²) >= 11 is 0. The lowest BCUT2D eigenvalue weighted by atomic mass is 9.87. The van der Waals surface area contributed by atoms with Crippen molar-refractivity contribution in [3.8, 4) is 0 Å². The van der Waals surface area contributed by atoms with Crippen molar-refractivity contribution in [1.29, 1.82) is 0 Å². The number of likely N-dealkylation sites (tertiary alicyclic amines) is 1. The minimum absolute atomic E-state index is 0.00270. The molecule has 2 heterocycles. The molecule has 0 aliphatic carbocycles. The van der Waals surface area contributed by atoms with Gasteiger partial charge in [0.1, 0.15) is 5.54 Å². The van der Waals surface area contributed by atoms with Crippen molar-refractivity contribution >= 4 is 31.8 Å². The first-order valence-electron chi connectivity index (χ1n) is 12.6. The molecule has 4 rings (SSSR count). The number of urea groups is 1. The number of hydrogen-bond donors (Lipinski definition) is 2. The topological polar surface area (TPSA) is 133 Å². The Kier molecular flexibility index (Phi) is 8.26. The molecule has 0 saturated carbocycles. The Morgan fingerprint density at radius 3 is 2.18 bits per heavy atom. The molecule has 2 saturated heterocycles. The van der Waals surface area contributed by atoms with E-state index in [-0.39, 0.29) is 29.1 Å². The average molecular weight is 563 g/mol. The molecule has 3 amide bonds. The number of amides is 3. The number of sulfone groups is 1. The smallest absolute Gasteiger partial charge is 0.323 e. The van der Waals surface area contributed by atoms with Gasteiger partial charge < -0.3 is 10.2 Å². The van der Waals surface area contributed by atoms with Crippen LogP contribution in [0.1, 0.15) is 43.4 Å². The summed E-state index contributed by atoms with van der Waals surface area (Å²) in [6, 6.07) is 14.8. The standard InChI is InChI=1S/C26H34N4O6S2/c1-3-38(35,36)28-23(21-7-5-4-6-8-21)13-16-29-17-14-26(15-18-29)24(31)30(25(32)27-26)19-20-9-11-22(12-10-20)37(2,33)34/h4-12,23,28H,3,13-19H2,1-2H3,(H,27,32)/t23-/m0/s1. The van der Waals surface area contributed by atoms with Gasteiger partial charge in [-0.25, -0.2) is 26.4 Å². The second-order valence-corrected chi connectivity index (χ2v) is 14.0. The highest BCUT2D eigenvalue weighted by Gasteiger charge is 2.52. The number of carbonyl (C=O) groups excluding carboxylic acids is 2. The van der Waals surface area contributed by atoms with Crippen LogP contribution in [0.2, 0.25) is 0 Å². The van der Waals surface area contributed by atoms with E-state index >= 15 is 0 Å². The summed E-state index contributed by atoms with van der Waals surface area (Å²) in [6.45, 7) is 3.49. The van der Waals surface area contributed by atoms with Crippen molar-refractivity contribution in [3.63, 3.8) is 0 Å². The van der Waals surface area contributed by atoms with Crippen LogP contribution < -0.4 is 10.0 Å². The highest BCUT2D eigenvalue weighted by Crippen LogP contribution is 2.31. The maximum Gasteiger partial charge on any atom is 0.325 e. The lowest BCUT2D eigenvalue weighted by molar-refractivity contribution is -0.133. The third kappa shape index (κ3) is 6.42. The molecule has 2 aliphatic rings. The number of nitrogens with one attached hydrogen (secondary N) is 2. The largest absolute Gasteiger partial charge is 0.325 e. The molecule has 0 bridgehead atoms. The zero-order chi connectivity index (χ0) is 27.6. The first-order valence-corrected chi connectivity index (χ1v) is 16.2. The van der Waals surface area contributed by atoms with Gasteiger partial charge in [0.15, 0.2) is 9.84 Å². The van der Waals surface area contributed by atoms with E-state index in [2.05, 4.69) is 14.9 Å². The van der Waals surface area contributed by atoms with Crippen molar-refractivity contribution in [2.24, 2.45) is 0 Å². The van der Waals surface area contributed by atoms with Crippen molar-refractivity contribution in [2.75, 3.05) is 31.6 Å². The van der Waals surface area contributed by atoms with Crippen LogP contribution in [0, 0.1) is 0 Å². The van der Waals surface area contributed by atoms with Gasteiger partial charge in [-0.1, -0.05) is 42.5 Å². The molecule has 2 aliphatic heterocycles. The summed E-state index contributed by atoms with van der Waals surface area (Å²) in [5, 5.41) is 2.90. The van der Waals surface area contributed by atoms with Crippen LogP contribution in [0.25, 0.3) is 0 Å². The summed E-state index contributed by atoms with van der Waals surface area (Å²) in [5.74, 6) is -0.268. The van der Waals surface area contributed by atoms with Crippen molar-refractivity contribution in [1.82, 2.24) is 19.8 Å². The minimum atomic E-state index is -3.39. The van der Waals surface area contributed by atoms with E-state index < -0.39 is 31.4 Å². The van der Waals surface area contributed by atoms with Crippen LogP contribution >= 0.6 is 0 Å². The molecule has 2 fully saturated rings. The van der Waals surface area contributed by atoms with Gasteiger partial charge in [-0.2, -0.15) is 0 Å². The molecule has 0 unspecified atom stereocenters. The normalized spacial score (nSPS) is 19.1. The number of imide groups is 1. The van der Waals surface area contributed by atoms with Crippen LogP contribution in [0.4, 0.5) is 4.79 Å². The van der Waals surface area contributed by atoms with Crippen molar-refractivity contribution in [2.45, 2.75) is 49.2 Å². The fraction of sp³-hybridized carbons (Fsp3) is 0.462. The Bertz CT molecular complexity index is 1370. The van der Waals surface area contributed by atoms with E-state index in [1.165, 1.54) is 17.0 Å². The fourth-order valence-electron chi connectivity index (χ4n) is 4.93.